The van der Waals surface area contributed by atoms with Crippen LogP contribution in [0.2, 0.25) is 0 Å². The minimum Gasteiger partial charge on any atom is -0.396 e. The maximum absolute atomic E-state index is 12.0. The van der Waals surface area contributed by atoms with Crippen molar-refractivity contribution >= 4 is 5.78 Å². The summed E-state index contributed by atoms with van der Waals surface area (Å²) in [6, 6.07) is 0. The van der Waals surface area contributed by atoms with Crippen LogP contribution in [0.15, 0.2) is 0 Å². The number of carbonyl (C=O) groups is 1. The Morgan fingerprint density at radius 2 is 2.16 bits per heavy atom. The molecule has 0 aliphatic heterocycles. The van der Waals surface area contributed by atoms with Crippen LogP contribution in [0.3, 0.4) is 0 Å². The number of ketones is 1. The Hall–Kier alpha value is -0.410. The maximum Gasteiger partial charge on any atom is 0.133 e. The van der Waals surface area contributed by atoms with Gasteiger partial charge < -0.3 is 9.84 Å². The third-order valence-electron chi connectivity index (χ3n) is 5.74. The molecule has 110 valence electrons. The van der Waals surface area contributed by atoms with Gasteiger partial charge in [0.15, 0.2) is 0 Å². The van der Waals surface area contributed by atoms with Crippen LogP contribution >= 0.6 is 0 Å². The van der Waals surface area contributed by atoms with Crippen LogP contribution < -0.4 is 0 Å². The van der Waals surface area contributed by atoms with E-state index in [4.69, 9.17) is 4.74 Å². The van der Waals surface area contributed by atoms with E-state index >= 15 is 0 Å². The molecule has 2 rings (SSSR count). The molecule has 19 heavy (non-hydrogen) atoms. The largest absolute Gasteiger partial charge is 0.396 e. The number of fused-ring (bicyclic) bond motifs is 1. The monoisotopic (exact) mass is 268 g/mol. The van der Waals surface area contributed by atoms with Crippen molar-refractivity contribution < 1.29 is 14.6 Å². The molecule has 2 aliphatic rings. The van der Waals surface area contributed by atoms with Crippen LogP contribution in [0.1, 0.15) is 52.4 Å². The highest BCUT2D eigenvalue weighted by atomic mass is 16.5. The lowest BCUT2D eigenvalue weighted by atomic mass is 9.61. The van der Waals surface area contributed by atoms with E-state index in [9.17, 15) is 9.90 Å². The fourth-order valence-electron chi connectivity index (χ4n) is 4.38. The molecule has 0 aromatic carbocycles. The summed E-state index contributed by atoms with van der Waals surface area (Å²) in [5, 5.41) is 9.55. The van der Waals surface area contributed by atoms with E-state index in [0.717, 1.165) is 32.1 Å². The lowest BCUT2D eigenvalue weighted by molar-refractivity contribution is -0.120. The molecule has 0 radical (unpaired) electrons. The maximum atomic E-state index is 12.0. The predicted octanol–water partition coefficient (Wildman–Crippen LogP) is 2.81. The van der Waals surface area contributed by atoms with Gasteiger partial charge in [0.05, 0.1) is 5.60 Å². The number of hydrogen-bond donors (Lipinski definition) is 1. The van der Waals surface area contributed by atoms with Crippen LogP contribution in [0.4, 0.5) is 0 Å². The SMILES string of the molecule is CC[C@H]1CC(CO)C[C@@H]2[C@H]1CC(=O)CCC2(C)OC. The Morgan fingerprint density at radius 3 is 2.74 bits per heavy atom. The van der Waals surface area contributed by atoms with E-state index in [1.54, 1.807) is 7.11 Å². The third-order valence-corrected chi connectivity index (χ3v) is 5.74. The second-order valence-corrected chi connectivity index (χ2v) is 6.72. The van der Waals surface area contributed by atoms with Gasteiger partial charge in [0.2, 0.25) is 0 Å². The summed E-state index contributed by atoms with van der Waals surface area (Å²) in [6.07, 6.45) is 5.39. The first-order valence-corrected chi connectivity index (χ1v) is 7.71. The average molecular weight is 268 g/mol. The van der Waals surface area contributed by atoms with Crippen LogP contribution in [-0.2, 0) is 9.53 Å². The molecule has 2 unspecified atom stereocenters. The first-order valence-electron chi connectivity index (χ1n) is 7.71. The van der Waals surface area contributed by atoms with Crippen LogP contribution in [0.25, 0.3) is 0 Å². The number of rotatable bonds is 3. The van der Waals surface area contributed by atoms with Crippen molar-refractivity contribution in [2.45, 2.75) is 58.0 Å². The molecular formula is C16H28O3. The molecule has 0 bridgehead atoms. The van der Waals surface area contributed by atoms with Gasteiger partial charge in [-0.05, 0) is 49.9 Å². The highest BCUT2D eigenvalue weighted by molar-refractivity contribution is 5.79. The lowest BCUT2D eigenvalue weighted by Crippen LogP contribution is -2.46. The quantitative estimate of drug-likeness (QED) is 0.856. The summed E-state index contributed by atoms with van der Waals surface area (Å²) in [6.45, 7) is 4.64. The number of aliphatic hydroxyl groups is 1. The molecule has 2 saturated carbocycles. The number of aliphatic hydroxyl groups excluding tert-OH is 1. The smallest absolute Gasteiger partial charge is 0.133 e. The molecule has 3 heteroatoms. The number of Topliss-reactive ketones (excluding diaryl/α,β-unsaturated/α-hetero) is 1. The first-order chi connectivity index (χ1) is 9.04. The minimum atomic E-state index is -0.196. The van der Waals surface area contributed by atoms with E-state index in [1.807, 2.05) is 0 Å². The van der Waals surface area contributed by atoms with Crippen molar-refractivity contribution in [3.05, 3.63) is 0 Å². The summed E-state index contributed by atoms with van der Waals surface area (Å²) >= 11 is 0. The van der Waals surface area contributed by atoms with Crippen molar-refractivity contribution in [1.82, 2.24) is 0 Å². The number of carbonyl (C=O) groups excluding carboxylic acids is 1. The van der Waals surface area contributed by atoms with Gasteiger partial charge in [-0.25, -0.2) is 0 Å². The molecule has 3 nitrogen and oxygen atoms in total. The van der Waals surface area contributed by atoms with Crippen LogP contribution in [0.5, 0.6) is 0 Å². The van der Waals surface area contributed by atoms with Crippen molar-refractivity contribution in [3.63, 3.8) is 0 Å². The van der Waals surface area contributed by atoms with Gasteiger partial charge in [-0.1, -0.05) is 13.3 Å². The van der Waals surface area contributed by atoms with Crippen molar-refractivity contribution in [2.24, 2.45) is 23.7 Å². The zero-order valence-electron chi connectivity index (χ0n) is 12.5. The second-order valence-electron chi connectivity index (χ2n) is 6.72. The molecule has 0 aromatic heterocycles. The van der Waals surface area contributed by atoms with E-state index in [-0.39, 0.29) is 12.2 Å². The summed E-state index contributed by atoms with van der Waals surface area (Å²) in [5.41, 5.74) is -0.196. The summed E-state index contributed by atoms with van der Waals surface area (Å²) in [7, 11) is 1.77. The van der Waals surface area contributed by atoms with E-state index < -0.39 is 0 Å². The van der Waals surface area contributed by atoms with E-state index in [0.29, 0.717) is 35.9 Å². The van der Waals surface area contributed by atoms with Crippen molar-refractivity contribution in [3.8, 4) is 0 Å². The van der Waals surface area contributed by atoms with Crippen LogP contribution in [-0.4, -0.2) is 30.2 Å². The van der Waals surface area contributed by atoms with Crippen molar-refractivity contribution in [1.29, 1.82) is 0 Å². The lowest BCUT2D eigenvalue weighted by Gasteiger charge is -2.47. The number of hydrogen-bond acceptors (Lipinski definition) is 3. The van der Waals surface area contributed by atoms with Gasteiger partial charge in [-0.3, -0.25) is 4.79 Å². The fraction of sp³-hybridized carbons (Fsp3) is 0.938. The third kappa shape index (κ3) is 2.87. The molecule has 2 aliphatic carbocycles. The van der Waals surface area contributed by atoms with Gasteiger partial charge in [-0.15, -0.1) is 0 Å². The molecule has 1 N–H and O–H groups in total. The Labute approximate surface area is 116 Å². The minimum absolute atomic E-state index is 0.196. The molecule has 0 spiro atoms. The Bertz CT molecular complexity index is 328. The zero-order valence-corrected chi connectivity index (χ0v) is 12.5. The molecular weight excluding hydrogens is 240 g/mol. The second kappa shape index (κ2) is 5.92. The molecule has 2 fully saturated rings. The highest BCUT2D eigenvalue weighted by Gasteiger charge is 2.48. The highest BCUT2D eigenvalue weighted by Crippen LogP contribution is 2.50. The van der Waals surface area contributed by atoms with E-state index in [2.05, 4.69) is 13.8 Å². The Morgan fingerprint density at radius 1 is 1.42 bits per heavy atom. The topological polar surface area (TPSA) is 46.5 Å². The van der Waals surface area contributed by atoms with E-state index in [1.165, 1.54) is 0 Å². The van der Waals surface area contributed by atoms with Crippen LogP contribution in [0, 0.1) is 23.7 Å². The molecule has 0 aromatic rings. The molecule has 5 atom stereocenters. The van der Waals surface area contributed by atoms with Crippen molar-refractivity contribution in [2.75, 3.05) is 13.7 Å². The van der Waals surface area contributed by atoms with Gasteiger partial charge in [0.25, 0.3) is 0 Å². The van der Waals surface area contributed by atoms with Gasteiger partial charge in [0, 0.05) is 26.6 Å². The average Bonchev–Trinajstić information content (AvgIpc) is 2.56. The number of methoxy groups -OCH3 is 1. The molecule has 0 heterocycles. The summed E-state index contributed by atoms with van der Waals surface area (Å²) < 4.78 is 5.83. The Balaban J connectivity index is 2.30. The number of ether oxygens (including phenoxy) is 1. The first kappa shape index (κ1) is 15.0. The molecule has 0 amide bonds. The summed E-state index contributed by atoms with van der Waals surface area (Å²) in [5.74, 6) is 2.21. The summed E-state index contributed by atoms with van der Waals surface area (Å²) in [4.78, 5) is 12.0. The van der Waals surface area contributed by atoms with Gasteiger partial charge in [0.1, 0.15) is 5.78 Å². The van der Waals surface area contributed by atoms with Gasteiger partial charge >= 0.3 is 0 Å². The standard InChI is InChI=1S/C16H28O3/c1-4-12-7-11(10-17)8-15-14(12)9-13(18)5-6-16(15,2)19-3/h11-12,14-15,17H,4-10H2,1-3H3/t11?,12-,14-,15+,16?/m0/s1. The van der Waals surface area contributed by atoms with Gasteiger partial charge in [-0.2, -0.15) is 0 Å². The predicted molar refractivity (Wildman–Crippen MR) is 74.8 cm³/mol. The fourth-order valence-corrected chi connectivity index (χ4v) is 4.38. The Kier molecular flexibility index (Phi) is 4.67. The zero-order chi connectivity index (χ0) is 14.0. The normalized spacial score (nSPS) is 43.7. The molecule has 0 saturated heterocycles.